The van der Waals surface area contributed by atoms with Crippen LogP contribution in [0.15, 0.2) is 63.8 Å². The average Bonchev–Trinajstić information content (AvgIpc) is 2.74. The standard InChI is InChI=1S/C22H20BrNO4/c1-24-22(27)17-9-7-16(8-10-17)15-5-2-14(3-6-15)4-11-20-21(26)19(25)12-18(13-23)28-20/h2-3,5-10,12,26H,4,11,13H2,1H3,(H,24,27). The van der Waals surface area contributed by atoms with E-state index in [4.69, 9.17) is 4.42 Å². The predicted molar refractivity (Wildman–Crippen MR) is 112 cm³/mol. The van der Waals surface area contributed by atoms with Crippen LogP contribution < -0.4 is 10.7 Å². The molecule has 0 unspecified atom stereocenters. The number of hydrogen-bond acceptors (Lipinski definition) is 4. The molecular formula is C22H20BrNO4. The van der Waals surface area contributed by atoms with E-state index >= 15 is 0 Å². The summed E-state index contributed by atoms with van der Waals surface area (Å²) in [5.41, 5.74) is 3.33. The maximum Gasteiger partial charge on any atom is 0.251 e. The van der Waals surface area contributed by atoms with Crippen molar-refractivity contribution in [3.8, 4) is 16.9 Å². The molecule has 0 fully saturated rings. The Labute approximate surface area is 171 Å². The quantitative estimate of drug-likeness (QED) is 0.565. The van der Waals surface area contributed by atoms with Crippen LogP contribution in [-0.2, 0) is 18.2 Å². The molecule has 3 rings (SSSR count). The van der Waals surface area contributed by atoms with Crippen LogP contribution in [0.2, 0.25) is 0 Å². The van der Waals surface area contributed by atoms with Gasteiger partial charge < -0.3 is 14.8 Å². The van der Waals surface area contributed by atoms with Crippen molar-refractivity contribution in [1.29, 1.82) is 0 Å². The van der Waals surface area contributed by atoms with Gasteiger partial charge in [0.1, 0.15) is 11.5 Å². The fourth-order valence-corrected chi connectivity index (χ4v) is 3.18. The van der Waals surface area contributed by atoms with Crippen molar-refractivity contribution < 1.29 is 14.3 Å². The van der Waals surface area contributed by atoms with Crippen molar-refractivity contribution in [2.45, 2.75) is 18.2 Å². The third-order valence-electron chi connectivity index (χ3n) is 4.48. The van der Waals surface area contributed by atoms with Crippen LogP contribution >= 0.6 is 15.9 Å². The first-order chi connectivity index (χ1) is 13.5. The maximum atomic E-state index is 11.8. The Balaban J connectivity index is 1.71. The third kappa shape index (κ3) is 4.51. The molecule has 0 bridgehead atoms. The summed E-state index contributed by atoms with van der Waals surface area (Å²) in [5.74, 6) is 0.363. The molecule has 0 saturated heterocycles. The number of hydrogen-bond donors (Lipinski definition) is 2. The molecule has 3 aromatic rings. The Morgan fingerprint density at radius 2 is 1.64 bits per heavy atom. The van der Waals surface area contributed by atoms with Crippen molar-refractivity contribution in [3.63, 3.8) is 0 Å². The van der Waals surface area contributed by atoms with Crippen LogP contribution in [0.4, 0.5) is 0 Å². The maximum absolute atomic E-state index is 11.8. The Hall–Kier alpha value is -2.86. The van der Waals surface area contributed by atoms with Crippen molar-refractivity contribution in [1.82, 2.24) is 5.32 Å². The average molecular weight is 442 g/mol. The smallest absolute Gasteiger partial charge is 0.251 e. The van der Waals surface area contributed by atoms with Crippen LogP contribution in [0.5, 0.6) is 5.75 Å². The molecule has 6 heteroatoms. The summed E-state index contributed by atoms with van der Waals surface area (Å²) in [7, 11) is 1.61. The molecule has 2 aromatic carbocycles. The van der Waals surface area contributed by atoms with Gasteiger partial charge in [-0.1, -0.05) is 52.3 Å². The number of halogens is 1. The van der Waals surface area contributed by atoms with Gasteiger partial charge in [-0.3, -0.25) is 9.59 Å². The molecule has 1 heterocycles. The van der Waals surface area contributed by atoms with Gasteiger partial charge in [-0.05, 0) is 35.2 Å². The number of carbonyl (C=O) groups excluding carboxylic acids is 1. The number of benzene rings is 2. The van der Waals surface area contributed by atoms with E-state index < -0.39 is 5.43 Å². The zero-order chi connectivity index (χ0) is 20.1. The summed E-state index contributed by atoms with van der Waals surface area (Å²) < 4.78 is 5.56. The lowest BCUT2D eigenvalue weighted by Gasteiger charge is -2.07. The highest BCUT2D eigenvalue weighted by Crippen LogP contribution is 2.22. The molecule has 0 atom stereocenters. The first-order valence-corrected chi connectivity index (χ1v) is 9.96. The number of carbonyl (C=O) groups is 1. The van der Waals surface area contributed by atoms with Crippen molar-refractivity contribution in [2.75, 3.05) is 7.05 Å². The van der Waals surface area contributed by atoms with E-state index in [0.29, 0.717) is 35.3 Å². The summed E-state index contributed by atoms with van der Waals surface area (Å²) >= 11 is 3.26. The van der Waals surface area contributed by atoms with Gasteiger partial charge in [-0.2, -0.15) is 0 Å². The number of nitrogens with one attached hydrogen (secondary N) is 1. The summed E-state index contributed by atoms with van der Waals surface area (Å²) in [6, 6.07) is 16.7. The van der Waals surface area contributed by atoms with Gasteiger partial charge >= 0.3 is 0 Å². The lowest BCUT2D eigenvalue weighted by molar-refractivity contribution is 0.0963. The molecule has 0 spiro atoms. The van der Waals surface area contributed by atoms with Crippen LogP contribution in [0.3, 0.4) is 0 Å². The fourth-order valence-electron chi connectivity index (χ4n) is 2.90. The highest BCUT2D eigenvalue weighted by atomic mass is 79.9. The number of amides is 1. The Morgan fingerprint density at radius 1 is 1.04 bits per heavy atom. The molecule has 1 amide bonds. The van der Waals surface area contributed by atoms with Gasteiger partial charge in [0.15, 0.2) is 0 Å². The van der Waals surface area contributed by atoms with E-state index in [1.54, 1.807) is 19.2 Å². The van der Waals surface area contributed by atoms with Gasteiger partial charge in [0.05, 0.1) is 5.33 Å². The van der Waals surface area contributed by atoms with Gasteiger partial charge in [0.2, 0.25) is 11.2 Å². The molecule has 0 aliphatic rings. The Bertz CT molecular complexity index is 1020. The zero-order valence-corrected chi connectivity index (χ0v) is 17.0. The summed E-state index contributed by atoms with van der Waals surface area (Å²) in [6.45, 7) is 0. The van der Waals surface area contributed by atoms with E-state index in [1.165, 1.54) is 6.07 Å². The second-order valence-electron chi connectivity index (χ2n) is 6.34. The molecule has 144 valence electrons. The van der Waals surface area contributed by atoms with Crippen LogP contribution in [-0.4, -0.2) is 18.1 Å². The highest BCUT2D eigenvalue weighted by Gasteiger charge is 2.11. The van der Waals surface area contributed by atoms with E-state index in [2.05, 4.69) is 21.2 Å². The highest BCUT2D eigenvalue weighted by molar-refractivity contribution is 9.08. The van der Waals surface area contributed by atoms with Crippen LogP contribution in [0.1, 0.15) is 27.4 Å². The van der Waals surface area contributed by atoms with E-state index in [-0.39, 0.29) is 11.7 Å². The van der Waals surface area contributed by atoms with Crippen molar-refractivity contribution in [3.05, 3.63) is 87.5 Å². The van der Waals surface area contributed by atoms with Gasteiger partial charge in [0.25, 0.3) is 5.91 Å². The molecule has 28 heavy (non-hydrogen) atoms. The normalized spacial score (nSPS) is 10.6. The molecule has 0 radical (unpaired) electrons. The first kappa shape index (κ1) is 19.9. The van der Waals surface area contributed by atoms with Gasteiger partial charge in [-0.15, -0.1) is 0 Å². The minimum absolute atomic E-state index is 0.110. The van der Waals surface area contributed by atoms with Crippen LogP contribution in [0.25, 0.3) is 11.1 Å². The van der Waals surface area contributed by atoms with E-state index in [1.807, 2.05) is 36.4 Å². The van der Waals surface area contributed by atoms with E-state index in [9.17, 15) is 14.7 Å². The van der Waals surface area contributed by atoms with Crippen LogP contribution in [0, 0.1) is 0 Å². The number of aromatic hydroxyl groups is 1. The molecule has 0 saturated carbocycles. The fraction of sp³-hybridized carbons (Fsp3) is 0.182. The Kier molecular flexibility index (Phi) is 6.31. The lowest BCUT2D eigenvalue weighted by atomic mass is 10.0. The number of aryl methyl sites for hydroxylation is 2. The third-order valence-corrected chi connectivity index (χ3v) is 5.03. The van der Waals surface area contributed by atoms with E-state index in [0.717, 1.165) is 16.7 Å². The zero-order valence-electron chi connectivity index (χ0n) is 15.4. The summed E-state index contributed by atoms with van der Waals surface area (Å²) in [4.78, 5) is 23.4. The minimum Gasteiger partial charge on any atom is -0.502 e. The molecule has 5 nitrogen and oxygen atoms in total. The number of alkyl halides is 1. The molecule has 2 N–H and O–H groups in total. The summed E-state index contributed by atoms with van der Waals surface area (Å²) in [6.07, 6.45) is 1.07. The lowest BCUT2D eigenvalue weighted by Crippen LogP contribution is -2.17. The molecule has 0 aliphatic heterocycles. The topological polar surface area (TPSA) is 79.5 Å². The second-order valence-corrected chi connectivity index (χ2v) is 6.90. The molecule has 0 aliphatic carbocycles. The summed E-state index contributed by atoms with van der Waals surface area (Å²) in [5, 5.41) is 12.9. The first-order valence-electron chi connectivity index (χ1n) is 8.84. The number of rotatable bonds is 6. The van der Waals surface area contributed by atoms with Gasteiger partial charge in [0, 0.05) is 25.1 Å². The predicted octanol–water partition coefficient (Wildman–Crippen LogP) is 4.05. The minimum atomic E-state index is -0.425. The largest absolute Gasteiger partial charge is 0.502 e. The van der Waals surface area contributed by atoms with Gasteiger partial charge in [-0.25, -0.2) is 0 Å². The van der Waals surface area contributed by atoms with Crippen molar-refractivity contribution >= 4 is 21.8 Å². The SMILES string of the molecule is CNC(=O)c1ccc(-c2ccc(CCc3oc(CBr)cc(=O)c3O)cc2)cc1. The second kappa shape index (κ2) is 8.89. The molecule has 1 aromatic heterocycles. The Morgan fingerprint density at radius 3 is 2.21 bits per heavy atom. The monoisotopic (exact) mass is 441 g/mol. The molecular weight excluding hydrogens is 422 g/mol. The van der Waals surface area contributed by atoms with Crippen molar-refractivity contribution in [2.24, 2.45) is 0 Å².